The molecule has 1 aromatic rings. The monoisotopic (exact) mass is 358 g/mol. The van der Waals surface area contributed by atoms with E-state index in [-0.39, 0.29) is 28.7 Å². The van der Waals surface area contributed by atoms with Crippen LogP contribution in [0.25, 0.3) is 0 Å². The molecular formula is C14H15ClN2O3S2. The normalized spacial score (nSPS) is 28.1. The number of sulfone groups is 1. The van der Waals surface area contributed by atoms with Crippen molar-refractivity contribution in [2.24, 2.45) is 4.99 Å². The first-order valence-electron chi connectivity index (χ1n) is 6.80. The van der Waals surface area contributed by atoms with E-state index in [0.717, 1.165) is 11.3 Å². The number of thioether (sulfide) groups is 1. The van der Waals surface area contributed by atoms with E-state index in [1.807, 2.05) is 36.1 Å². The molecule has 2 aliphatic rings. The van der Waals surface area contributed by atoms with Gasteiger partial charge in [-0.05, 0) is 24.6 Å². The quantitative estimate of drug-likeness (QED) is 0.754. The molecule has 0 N–H and O–H groups in total. The minimum Gasteiger partial charge on any atom is -0.316 e. The molecule has 2 heterocycles. The SMILES string of the molecule is Cc1cccc(N2C(=NC(=O)CCl)S[C@H]3CS(=O)(=O)C[C@@H]32)c1. The molecule has 5 nitrogen and oxygen atoms in total. The van der Waals surface area contributed by atoms with Gasteiger partial charge in [0.1, 0.15) is 5.88 Å². The van der Waals surface area contributed by atoms with Crippen molar-refractivity contribution in [3.05, 3.63) is 29.8 Å². The Hall–Kier alpha value is -1.05. The van der Waals surface area contributed by atoms with Gasteiger partial charge in [-0.1, -0.05) is 23.9 Å². The van der Waals surface area contributed by atoms with E-state index >= 15 is 0 Å². The van der Waals surface area contributed by atoms with Crippen LogP contribution in [-0.4, -0.2) is 48.2 Å². The molecule has 2 saturated heterocycles. The summed E-state index contributed by atoms with van der Waals surface area (Å²) in [6, 6.07) is 7.57. The zero-order valence-corrected chi connectivity index (χ0v) is 14.3. The van der Waals surface area contributed by atoms with Gasteiger partial charge in [0.15, 0.2) is 15.0 Å². The largest absolute Gasteiger partial charge is 0.316 e. The van der Waals surface area contributed by atoms with Crippen LogP contribution in [0.1, 0.15) is 5.56 Å². The van der Waals surface area contributed by atoms with Crippen LogP contribution in [0.3, 0.4) is 0 Å². The van der Waals surface area contributed by atoms with Crippen molar-refractivity contribution in [2.75, 3.05) is 22.3 Å². The van der Waals surface area contributed by atoms with Crippen molar-refractivity contribution < 1.29 is 13.2 Å². The topological polar surface area (TPSA) is 66.8 Å². The number of rotatable bonds is 2. The predicted octanol–water partition coefficient (Wildman–Crippen LogP) is 1.84. The number of hydrogen-bond acceptors (Lipinski definition) is 4. The summed E-state index contributed by atoms with van der Waals surface area (Å²) in [5.74, 6) is -0.380. The highest BCUT2D eigenvalue weighted by Gasteiger charge is 2.49. The minimum atomic E-state index is -3.04. The maximum Gasteiger partial charge on any atom is 0.262 e. The van der Waals surface area contributed by atoms with Gasteiger partial charge in [-0.3, -0.25) is 4.79 Å². The summed E-state index contributed by atoms with van der Waals surface area (Å²) in [6.07, 6.45) is 0. The van der Waals surface area contributed by atoms with Crippen LogP contribution in [0.2, 0.25) is 0 Å². The van der Waals surface area contributed by atoms with E-state index in [4.69, 9.17) is 11.6 Å². The Morgan fingerprint density at radius 1 is 1.45 bits per heavy atom. The highest BCUT2D eigenvalue weighted by molar-refractivity contribution is 8.16. The summed E-state index contributed by atoms with van der Waals surface area (Å²) in [5.41, 5.74) is 1.92. The van der Waals surface area contributed by atoms with Crippen molar-refractivity contribution >= 4 is 50.0 Å². The predicted molar refractivity (Wildman–Crippen MR) is 90.6 cm³/mol. The van der Waals surface area contributed by atoms with E-state index < -0.39 is 15.7 Å². The average Bonchev–Trinajstić information content (AvgIpc) is 2.89. The lowest BCUT2D eigenvalue weighted by atomic mass is 10.1. The van der Waals surface area contributed by atoms with Gasteiger partial charge < -0.3 is 4.90 Å². The molecule has 0 spiro atoms. The second kappa shape index (κ2) is 5.86. The van der Waals surface area contributed by atoms with Crippen LogP contribution in [0, 0.1) is 6.92 Å². The highest BCUT2D eigenvalue weighted by atomic mass is 35.5. The lowest BCUT2D eigenvalue weighted by Gasteiger charge is -2.24. The summed E-state index contributed by atoms with van der Waals surface area (Å²) in [7, 11) is -3.04. The average molecular weight is 359 g/mol. The number of amidine groups is 1. The number of fused-ring (bicyclic) bond motifs is 1. The lowest BCUT2D eigenvalue weighted by molar-refractivity contribution is -0.115. The number of nitrogens with zero attached hydrogens (tertiary/aromatic N) is 2. The zero-order chi connectivity index (χ0) is 15.9. The Labute approximate surface area is 138 Å². The first-order valence-corrected chi connectivity index (χ1v) is 10.0. The highest BCUT2D eigenvalue weighted by Crippen LogP contribution is 2.41. The van der Waals surface area contributed by atoms with Crippen LogP contribution in [0.15, 0.2) is 29.3 Å². The molecular weight excluding hydrogens is 344 g/mol. The molecule has 2 aliphatic heterocycles. The number of aryl methyl sites for hydroxylation is 1. The van der Waals surface area contributed by atoms with Gasteiger partial charge in [-0.25, -0.2) is 8.42 Å². The number of carbonyl (C=O) groups is 1. The molecule has 2 fully saturated rings. The standard InChI is InChI=1S/C14H15ClN2O3S2/c1-9-3-2-4-10(5-9)17-11-7-22(19,20)8-12(11)21-14(17)16-13(18)6-15/h2-5,11-12H,6-8H2,1H3/t11-,12-/m0/s1. The second-order valence-corrected chi connectivity index (χ2v) is 9.06. The van der Waals surface area contributed by atoms with Crippen LogP contribution in [0.5, 0.6) is 0 Å². The van der Waals surface area contributed by atoms with Crippen LogP contribution < -0.4 is 4.90 Å². The number of carbonyl (C=O) groups excluding carboxylic acids is 1. The Morgan fingerprint density at radius 3 is 2.91 bits per heavy atom. The van der Waals surface area contributed by atoms with Gasteiger partial charge in [0, 0.05) is 10.9 Å². The Kier molecular flexibility index (Phi) is 4.22. The molecule has 1 amide bonds. The summed E-state index contributed by atoms with van der Waals surface area (Å²) >= 11 is 6.89. The summed E-state index contributed by atoms with van der Waals surface area (Å²) in [6.45, 7) is 1.97. The van der Waals surface area contributed by atoms with E-state index in [9.17, 15) is 13.2 Å². The van der Waals surface area contributed by atoms with Crippen molar-refractivity contribution in [1.82, 2.24) is 0 Å². The third-order valence-electron chi connectivity index (χ3n) is 3.68. The van der Waals surface area contributed by atoms with Gasteiger partial charge >= 0.3 is 0 Å². The fourth-order valence-corrected chi connectivity index (χ4v) is 6.77. The first-order chi connectivity index (χ1) is 10.4. The van der Waals surface area contributed by atoms with Gasteiger partial charge in [-0.15, -0.1) is 11.6 Å². The van der Waals surface area contributed by atoms with Gasteiger partial charge in [0.25, 0.3) is 5.91 Å². The smallest absolute Gasteiger partial charge is 0.262 e. The maximum atomic E-state index is 11.9. The van der Waals surface area contributed by atoms with E-state index in [0.29, 0.717) is 5.17 Å². The zero-order valence-electron chi connectivity index (χ0n) is 11.9. The van der Waals surface area contributed by atoms with Crippen LogP contribution in [-0.2, 0) is 14.6 Å². The number of alkyl halides is 1. The fourth-order valence-electron chi connectivity index (χ4n) is 2.78. The molecule has 8 heteroatoms. The first kappa shape index (κ1) is 15.8. The molecule has 22 heavy (non-hydrogen) atoms. The lowest BCUT2D eigenvalue weighted by Crippen LogP contribution is -2.37. The number of hydrogen-bond donors (Lipinski definition) is 0. The molecule has 2 atom stereocenters. The van der Waals surface area contributed by atoms with E-state index in [1.54, 1.807) is 0 Å². The summed E-state index contributed by atoms with van der Waals surface area (Å²) in [5, 5.41) is 0.452. The third kappa shape index (κ3) is 3.02. The second-order valence-electron chi connectivity index (χ2n) is 5.43. The molecule has 0 aliphatic carbocycles. The molecule has 118 valence electrons. The Morgan fingerprint density at radius 2 is 2.23 bits per heavy atom. The van der Waals surface area contributed by atoms with Crippen molar-refractivity contribution in [1.29, 1.82) is 0 Å². The Balaban J connectivity index is 2.03. The van der Waals surface area contributed by atoms with Crippen molar-refractivity contribution in [2.45, 2.75) is 18.2 Å². The number of amides is 1. The van der Waals surface area contributed by atoms with Gasteiger partial charge in [-0.2, -0.15) is 4.99 Å². The summed E-state index contributed by atoms with van der Waals surface area (Å²) < 4.78 is 23.8. The molecule has 0 saturated carbocycles. The molecule has 0 unspecified atom stereocenters. The molecule has 0 aromatic heterocycles. The third-order valence-corrected chi connectivity index (χ3v) is 7.12. The van der Waals surface area contributed by atoms with E-state index in [2.05, 4.69) is 4.99 Å². The van der Waals surface area contributed by atoms with Crippen molar-refractivity contribution in [3.8, 4) is 0 Å². The van der Waals surface area contributed by atoms with Crippen LogP contribution >= 0.6 is 23.4 Å². The molecule has 0 bridgehead atoms. The minimum absolute atomic E-state index is 0.0900. The molecule has 1 aromatic carbocycles. The van der Waals surface area contributed by atoms with E-state index in [1.165, 1.54) is 11.8 Å². The Bertz CT molecular complexity index is 748. The summed E-state index contributed by atoms with van der Waals surface area (Å²) in [4.78, 5) is 17.5. The molecule has 3 rings (SSSR count). The fraction of sp³-hybridized carbons (Fsp3) is 0.429. The number of halogens is 1. The van der Waals surface area contributed by atoms with Gasteiger partial charge in [0.05, 0.1) is 17.5 Å². The number of anilines is 1. The number of benzene rings is 1. The number of aliphatic imine (C=N–C) groups is 1. The van der Waals surface area contributed by atoms with Crippen LogP contribution in [0.4, 0.5) is 5.69 Å². The maximum absolute atomic E-state index is 11.9. The molecule has 0 radical (unpaired) electrons. The van der Waals surface area contributed by atoms with Crippen molar-refractivity contribution in [3.63, 3.8) is 0 Å². The van der Waals surface area contributed by atoms with Gasteiger partial charge in [0.2, 0.25) is 0 Å².